The lowest BCUT2D eigenvalue weighted by Gasteiger charge is -2.58. The standard InChI is InChI=1S/C21H29BrO3S/c1-11(23)26-13-4-6-20(2)12(8-13)9-17(24)18-14(20)5-7-21(3)15(18)10-16(22)19(21)25/h9,13-18,24H,4-8,10H2,1-3H3/t13-,14?,15?,16+,17?,18?,20-,21-/m0/s1. The van der Waals surface area contributed by atoms with Crippen LogP contribution in [0.2, 0.25) is 0 Å². The van der Waals surface area contributed by atoms with Crippen molar-refractivity contribution in [3.05, 3.63) is 11.6 Å². The summed E-state index contributed by atoms with van der Waals surface area (Å²) in [7, 11) is 0. The Morgan fingerprint density at radius 3 is 2.62 bits per heavy atom. The average molecular weight is 441 g/mol. The Hall–Kier alpha value is -0.130. The summed E-state index contributed by atoms with van der Waals surface area (Å²) < 4.78 is 0. The maximum atomic E-state index is 12.8. The van der Waals surface area contributed by atoms with Crippen LogP contribution in [0, 0.1) is 28.6 Å². The van der Waals surface area contributed by atoms with Crippen LogP contribution in [0.25, 0.3) is 0 Å². The van der Waals surface area contributed by atoms with Crippen molar-refractivity contribution in [2.75, 3.05) is 0 Å². The van der Waals surface area contributed by atoms with Crippen LogP contribution in [0.5, 0.6) is 0 Å². The summed E-state index contributed by atoms with van der Waals surface area (Å²) in [4.78, 5) is 24.2. The summed E-state index contributed by atoms with van der Waals surface area (Å²) in [6.45, 7) is 6.16. The number of rotatable bonds is 1. The van der Waals surface area contributed by atoms with Crippen LogP contribution in [0.4, 0.5) is 0 Å². The second-order valence-corrected chi connectivity index (χ2v) is 12.0. The minimum absolute atomic E-state index is 0.0515. The number of allylic oxidation sites excluding steroid dienone is 1. The van der Waals surface area contributed by atoms with Crippen molar-refractivity contribution in [1.29, 1.82) is 0 Å². The molecule has 0 radical (unpaired) electrons. The fraction of sp³-hybridized carbons (Fsp3) is 0.810. The van der Waals surface area contributed by atoms with Gasteiger partial charge in [-0.05, 0) is 61.7 Å². The number of hydrogen-bond donors (Lipinski definition) is 1. The van der Waals surface area contributed by atoms with E-state index in [0.717, 1.165) is 38.5 Å². The molecule has 3 nitrogen and oxygen atoms in total. The third-order valence-electron chi connectivity index (χ3n) is 8.11. The summed E-state index contributed by atoms with van der Waals surface area (Å²) in [6, 6.07) is 0. The normalized spacial score (nSPS) is 50.5. The number of alkyl halides is 1. The van der Waals surface area contributed by atoms with Crippen molar-refractivity contribution in [3.8, 4) is 0 Å². The van der Waals surface area contributed by atoms with Gasteiger partial charge in [0, 0.05) is 17.6 Å². The Morgan fingerprint density at radius 2 is 1.92 bits per heavy atom. The molecular weight excluding hydrogens is 412 g/mol. The van der Waals surface area contributed by atoms with Crippen LogP contribution in [-0.2, 0) is 9.59 Å². The molecule has 4 aliphatic rings. The van der Waals surface area contributed by atoms with Gasteiger partial charge >= 0.3 is 0 Å². The highest BCUT2D eigenvalue weighted by Crippen LogP contribution is 2.64. The average Bonchev–Trinajstić information content (AvgIpc) is 2.79. The van der Waals surface area contributed by atoms with Gasteiger partial charge in [-0.25, -0.2) is 0 Å². The van der Waals surface area contributed by atoms with E-state index in [-0.39, 0.29) is 32.6 Å². The van der Waals surface area contributed by atoms with Gasteiger partial charge in [-0.15, -0.1) is 0 Å². The summed E-state index contributed by atoms with van der Waals surface area (Å²) >= 11 is 5.06. The number of hydrogen-bond acceptors (Lipinski definition) is 4. The van der Waals surface area contributed by atoms with Crippen LogP contribution >= 0.6 is 27.7 Å². The number of halogens is 1. The van der Waals surface area contributed by atoms with E-state index >= 15 is 0 Å². The molecule has 4 aliphatic carbocycles. The molecule has 4 rings (SSSR count). The van der Waals surface area contributed by atoms with Gasteiger partial charge in [0.1, 0.15) is 0 Å². The highest BCUT2D eigenvalue weighted by molar-refractivity contribution is 9.10. The topological polar surface area (TPSA) is 54.4 Å². The van der Waals surface area contributed by atoms with Gasteiger partial charge in [0.2, 0.25) is 0 Å². The Balaban J connectivity index is 1.66. The molecule has 0 aromatic heterocycles. The second kappa shape index (κ2) is 6.45. The Morgan fingerprint density at radius 1 is 1.23 bits per heavy atom. The predicted molar refractivity (Wildman–Crippen MR) is 108 cm³/mol. The summed E-state index contributed by atoms with van der Waals surface area (Å²) in [5, 5.41) is 11.6. The molecule has 4 unspecified atom stereocenters. The fourth-order valence-corrected chi connectivity index (χ4v) is 8.60. The van der Waals surface area contributed by atoms with E-state index in [2.05, 4.69) is 35.9 Å². The first-order valence-corrected chi connectivity index (χ1v) is 11.7. The largest absolute Gasteiger partial charge is 0.389 e. The van der Waals surface area contributed by atoms with Crippen LogP contribution < -0.4 is 0 Å². The van der Waals surface area contributed by atoms with Gasteiger partial charge in [0.15, 0.2) is 10.9 Å². The summed E-state index contributed by atoms with van der Waals surface area (Å²) in [6.07, 6.45) is 7.55. The molecule has 0 amide bonds. The van der Waals surface area contributed by atoms with Crippen molar-refractivity contribution >= 4 is 38.6 Å². The second-order valence-electron chi connectivity index (χ2n) is 9.39. The van der Waals surface area contributed by atoms with Gasteiger partial charge in [0.05, 0.1) is 10.9 Å². The molecule has 0 aromatic rings. The molecular formula is C21H29BrO3S. The highest BCUT2D eigenvalue weighted by Gasteiger charge is 2.62. The van der Waals surface area contributed by atoms with Crippen LogP contribution in [0.1, 0.15) is 59.3 Å². The van der Waals surface area contributed by atoms with Crippen LogP contribution in [0.3, 0.4) is 0 Å². The minimum atomic E-state index is -0.459. The SMILES string of the molecule is CC(=O)S[C@H]1CC[C@@]2(C)C(=CC(O)C3C2CC[C@]2(C)C(=O)[C@H](Br)CC32)C1. The van der Waals surface area contributed by atoms with Crippen molar-refractivity contribution in [2.45, 2.75) is 75.5 Å². The zero-order chi connectivity index (χ0) is 18.9. The summed E-state index contributed by atoms with van der Waals surface area (Å²) in [5.41, 5.74) is 1.20. The molecule has 0 aliphatic heterocycles. The molecule has 3 fully saturated rings. The minimum Gasteiger partial charge on any atom is -0.389 e. The Bertz CT molecular complexity index is 676. The molecule has 0 bridgehead atoms. The molecule has 1 N–H and O–H groups in total. The maximum Gasteiger partial charge on any atom is 0.186 e. The van der Waals surface area contributed by atoms with Crippen molar-refractivity contribution in [3.63, 3.8) is 0 Å². The van der Waals surface area contributed by atoms with E-state index in [1.807, 2.05) is 0 Å². The highest BCUT2D eigenvalue weighted by atomic mass is 79.9. The number of aliphatic hydroxyl groups is 1. The summed E-state index contributed by atoms with van der Waals surface area (Å²) in [5.74, 6) is 1.25. The van der Waals surface area contributed by atoms with E-state index in [1.54, 1.807) is 6.92 Å². The molecule has 0 aromatic carbocycles. The first-order valence-electron chi connectivity index (χ1n) is 9.91. The van der Waals surface area contributed by atoms with Crippen molar-refractivity contribution in [1.82, 2.24) is 0 Å². The van der Waals surface area contributed by atoms with Crippen LogP contribution in [0.15, 0.2) is 11.6 Å². The zero-order valence-electron chi connectivity index (χ0n) is 15.8. The number of ketones is 1. The van der Waals surface area contributed by atoms with Crippen molar-refractivity contribution < 1.29 is 14.7 Å². The zero-order valence-corrected chi connectivity index (χ0v) is 18.2. The molecule has 5 heteroatoms. The Labute approximate surface area is 168 Å². The van der Waals surface area contributed by atoms with E-state index in [4.69, 9.17) is 0 Å². The third-order valence-corrected chi connectivity index (χ3v) is 9.97. The molecule has 8 atom stereocenters. The number of thioether (sulfide) groups is 1. The van der Waals surface area contributed by atoms with Gasteiger partial charge in [0.25, 0.3) is 0 Å². The van der Waals surface area contributed by atoms with E-state index < -0.39 is 6.10 Å². The van der Waals surface area contributed by atoms with Gasteiger partial charge in [-0.1, -0.05) is 53.2 Å². The molecule has 144 valence electrons. The fourth-order valence-electron chi connectivity index (χ4n) is 6.71. The van der Waals surface area contributed by atoms with E-state index in [9.17, 15) is 14.7 Å². The Kier molecular flexibility index (Phi) is 4.76. The lowest BCUT2D eigenvalue weighted by molar-refractivity contribution is -0.134. The molecule has 0 spiro atoms. The van der Waals surface area contributed by atoms with E-state index in [0.29, 0.717) is 17.0 Å². The lowest BCUT2D eigenvalue weighted by Crippen LogP contribution is -2.54. The van der Waals surface area contributed by atoms with Crippen LogP contribution in [-0.4, -0.2) is 32.2 Å². The van der Waals surface area contributed by atoms with E-state index in [1.165, 1.54) is 17.3 Å². The number of aliphatic hydroxyl groups excluding tert-OH is 1. The number of carbonyl (C=O) groups excluding carboxylic acids is 2. The monoisotopic (exact) mass is 440 g/mol. The number of carbonyl (C=O) groups is 2. The van der Waals surface area contributed by atoms with Crippen molar-refractivity contribution in [2.24, 2.45) is 28.6 Å². The maximum absolute atomic E-state index is 12.8. The van der Waals surface area contributed by atoms with Gasteiger partial charge < -0.3 is 5.11 Å². The lowest BCUT2D eigenvalue weighted by atomic mass is 9.47. The third kappa shape index (κ3) is 2.71. The quantitative estimate of drug-likeness (QED) is 0.481. The predicted octanol–water partition coefficient (Wildman–Crippen LogP) is 4.51. The first kappa shape index (κ1) is 19.2. The number of Topliss-reactive ketones (excluding diaryl/α,β-unsaturated/α-hetero) is 1. The first-order chi connectivity index (χ1) is 12.2. The molecule has 0 heterocycles. The smallest absolute Gasteiger partial charge is 0.186 e. The molecule has 26 heavy (non-hydrogen) atoms. The van der Waals surface area contributed by atoms with Gasteiger partial charge in [-0.2, -0.15) is 0 Å². The molecule has 3 saturated carbocycles. The molecule has 0 saturated heterocycles. The number of fused-ring (bicyclic) bond motifs is 5. The van der Waals surface area contributed by atoms with Gasteiger partial charge in [-0.3, -0.25) is 9.59 Å².